The van der Waals surface area contributed by atoms with Gasteiger partial charge in [0.15, 0.2) is 0 Å². The number of anilines is 3. The Labute approximate surface area is 326 Å². The fraction of sp³-hybridized carbons (Fsp3) is 0.333. The summed E-state index contributed by atoms with van der Waals surface area (Å²) in [5.41, 5.74) is 3.16. The number of piperazine rings is 1. The van der Waals surface area contributed by atoms with Crippen molar-refractivity contribution in [2.24, 2.45) is 0 Å². The molecule has 16 heteroatoms. The first-order chi connectivity index (χ1) is 26.7. The Kier molecular flexibility index (Phi) is 11.9. The predicted octanol–water partition coefficient (Wildman–Crippen LogP) is 5.23. The van der Waals surface area contributed by atoms with Gasteiger partial charge in [0.1, 0.15) is 29.8 Å². The zero-order valence-electron chi connectivity index (χ0n) is 30.0. The number of hydrogen-bond donors (Lipinski definition) is 3. The van der Waals surface area contributed by atoms with E-state index < -0.39 is 23.7 Å². The summed E-state index contributed by atoms with van der Waals surface area (Å²) in [5, 5.41) is 8.92. The maximum absolute atomic E-state index is 13.7. The lowest BCUT2D eigenvalue weighted by atomic mass is 10.0. The highest BCUT2D eigenvalue weighted by atomic mass is 35.5. The van der Waals surface area contributed by atoms with Gasteiger partial charge in [-0.3, -0.25) is 29.4 Å². The number of halogens is 2. The lowest BCUT2D eigenvalue weighted by molar-refractivity contribution is -0.137. The van der Waals surface area contributed by atoms with Gasteiger partial charge in [-0.1, -0.05) is 24.2 Å². The fourth-order valence-corrected chi connectivity index (χ4v) is 8.25. The van der Waals surface area contributed by atoms with Gasteiger partial charge in [-0.15, -0.1) is 11.8 Å². The van der Waals surface area contributed by atoms with Crippen molar-refractivity contribution in [1.82, 2.24) is 30.0 Å². The van der Waals surface area contributed by atoms with Gasteiger partial charge in [0.25, 0.3) is 5.91 Å². The van der Waals surface area contributed by atoms with Crippen LogP contribution in [-0.2, 0) is 20.9 Å². The number of nitrogens with zero attached hydrogens (tertiary/aromatic N) is 5. The molecular formula is C39H40ClFN8O5S. The molecule has 0 aliphatic carbocycles. The van der Waals surface area contributed by atoms with Crippen molar-refractivity contribution < 1.29 is 28.3 Å². The van der Waals surface area contributed by atoms with Gasteiger partial charge in [0.2, 0.25) is 17.7 Å². The first-order valence-electron chi connectivity index (χ1n) is 18.1. The van der Waals surface area contributed by atoms with E-state index in [1.807, 2.05) is 18.2 Å². The molecule has 0 radical (unpaired) electrons. The number of hydrogen-bond acceptors (Lipinski definition) is 11. The molecule has 3 aliphatic rings. The quantitative estimate of drug-likeness (QED) is 0.0668. The molecule has 4 aromatic rings. The largest absolute Gasteiger partial charge is 0.491 e. The van der Waals surface area contributed by atoms with Crippen LogP contribution in [0.3, 0.4) is 0 Å². The molecule has 3 N–H and O–H groups in total. The van der Waals surface area contributed by atoms with Gasteiger partial charge < -0.3 is 25.2 Å². The highest BCUT2D eigenvalue weighted by molar-refractivity contribution is 7.99. The number of ether oxygens (including phenoxy) is 1. The summed E-state index contributed by atoms with van der Waals surface area (Å²) in [6.07, 6.45) is 3.95. The summed E-state index contributed by atoms with van der Waals surface area (Å²) in [6.45, 7) is 9.88. The van der Waals surface area contributed by atoms with Crippen LogP contribution < -0.4 is 20.7 Å². The maximum atomic E-state index is 13.7. The van der Waals surface area contributed by atoms with Gasteiger partial charge in [0.05, 0.1) is 22.8 Å². The number of rotatable bonds is 14. The second kappa shape index (κ2) is 17.1. The third-order valence-corrected chi connectivity index (χ3v) is 11.3. The molecule has 0 bridgehead atoms. The Hall–Kier alpha value is -5.09. The van der Waals surface area contributed by atoms with Crippen molar-refractivity contribution in [1.29, 1.82) is 0 Å². The Balaban J connectivity index is 0.880. The molecule has 3 aromatic carbocycles. The number of fused-ring (bicyclic) bond motifs is 2. The molecule has 1 unspecified atom stereocenters. The molecule has 0 spiro atoms. The lowest BCUT2D eigenvalue weighted by Gasteiger charge is -2.34. The zero-order valence-corrected chi connectivity index (χ0v) is 31.6. The van der Waals surface area contributed by atoms with Crippen LogP contribution in [0.15, 0.2) is 72.4 Å². The minimum absolute atomic E-state index is 0.0233. The number of imide groups is 1. The van der Waals surface area contributed by atoms with E-state index in [0.29, 0.717) is 59.0 Å². The second-order valence-corrected chi connectivity index (χ2v) is 15.0. The Morgan fingerprint density at radius 2 is 1.87 bits per heavy atom. The van der Waals surface area contributed by atoms with Crippen LogP contribution in [0.2, 0.25) is 5.02 Å². The number of nitrogens with one attached hydrogen (secondary N) is 3. The highest BCUT2D eigenvalue weighted by Gasteiger charge is 2.39. The van der Waals surface area contributed by atoms with Gasteiger partial charge >= 0.3 is 0 Å². The predicted molar refractivity (Wildman–Crippen MR) is 209 cm³/mol. The number of aromatic nitrogens is 2. The average Bonchev–Trinajstić information content (AvgIpc) is 3.52. The van der Waals surface area contributed by atoms with Crippen LogP contribution >= 0.6 is 23.4 Å². The van der Waals surface area contributed by atoms with Crippen molar-refractivity contribution >= 4 is 75.1 Å². The highest BCUT2D eigenvalue weighted by Crippen LogP contribution is 2.36. The molecule has 2 saturated heterocycles. The average molecular weight is 787 g/mol. The van der Waals surface area contributed by atoms with E-state index in [0.717, 1.165) is 61.9 Å². The normalized spacial score (nSPS) is 17.6. The van der Waals surface area contributed by atoms with Crippen molar-refractivity contribution in [3.63, 3.8) is 0 Å². The second-order valence-electron chi connectivity index (χ2n) is 13.5. The number of carbonyl (C=O) groups is 4. The van der Waals surface area contributed by atoms with E-state index in [9.17, 15) is 23.6 Å². The Bertz CT molecular complexity index is 2150. The first kappa shape index (κ1) is 38.2. The maximum Gasteiger partial charge on any atom is 0.255 e. The molecule has 1 atom stereocenters. The van der Waals surface area contributed by atoms with Crippen LogP contribution in [0.4, 0.5) is 21.6 Å². The molecule has 4 heterocycles. The SMILES string of the molecule is C=CC(=O)Nc1cc2c(Nc3ccc(F)c(Cl)c3)ncnc2cc1OCCCN1CCN(CCSc2cccc3c2CN(C2CCC(=O)NC2=O)C3=O)CC1. The van der Waals surface area contributed by atoms with E-state index in [1.54, 1.807) is 34.9 Å². The smallest absolute Gasteiger partial charge is 0.255 e. The molecule has 3 aliphatic heterocycles. The Morgan fingerprint density at radius 1 is 1.07 bits per heavy atom. The van der Waals surface area contributed by atoms with Crippen molar-refractivity contribution in [2.75, 3.05) is 62.3 Å². The molecule has 55 heavy (non-hydrogen) atoms. The third kappa shape index (κ3) is 8.91. The van der Waals surface area contributed by atoms with Gasteiger partial charge in [-0.05, 0) is 60.9 Å². The van der Waals surface area contributed by atoms with Crippen molar-refractivity contribution in [3.8, 4) is 5.75 Å². The van der Waals surface area contributed by atoms with Gasteiger partial charge in [-0.25, -0.2) is 14.4 Å². The summed E-state index contributed by atoms with van der Waals surface area (Å²) in [4.78, 5) is 65.9. The number of piperidine rings is 1. The van der Waals surface area contributed by atoms with E-state index in [-0.39, 0.29) is 23.3 Å². The molecule has 2 fully saturated rings. The van der Waals surface area contributed by atoms with Crippen LogP contribution in [0.5, 0.6) is 5.75 Å². The Morgan fingerprint density at radius 3 is 2.64 bits per heavy atom. The number of thioether (sulfide) groups is 1. The van der Waals surface area contributed by atoms with E-state index in [1.165, 1.54) is 24.5 Å². The molecule has 7 rings (SSSR count). The standard InChI is InChI=1S/C39H40ClFN8O5S/c1-2-35(50)45-31-20-26-30(42-23-43-37(26)44-24-7-8-29(41)28(40)19-24)21-33(31)54-17-4-11-47-12-14-48(15-13-47)16-18-55-34-6-3-5-25-27(34)22-49(39(25)53)32-9-10-36(51)46-38(32)52/h2-3,5-8,19-21,23,32H,1,4,9-18,22H2,(H,45,50)(H,42,43,44)(H,46,51,52). The molecule has 1 aromatic heterocycles. The van der Waals surface area contributed by atoms with Crippen molar-refractivity contribution in [3.05, 3.63) is 89.5 Å². The molecule has 4 amide bonds. The van der Waals surface area contributed by atoms with Crippen molar-refractivity contribution in [2.45, 2.75) is 36.7 Å². The van der Waals surface area contributed by atoms with Gasteiger partial charge in [-0.2, -0.15) is 0 Å². The van der Waals surface area contributed by atoms with Crippen LogP contribution in [0.25, 0.3) is 10.9 Å². The summed E-state index contributed by atoms with van der Waals surface area (Å²) >= 11 is 7.70. The molecule has 13 nitrogen and oxygen atoms in total. The summed E-state index contributed by atoms with van der Waals surface area (Å²) in [7, 11) is 0. The van der Waals surface area contributed by atoms with E-state index >= 15 is 0 Å². The van der Waals surface area contributed by atoms with Gasteiger partial charge in [0, 0.05) is 85.6 Å². The van der Waals surface area contributed by atoms with E-state index in [4.69, 9.17) is 16.3 Å². The number of amides is 4. The van der Waals surface area contributed by atoms with Crippen LogP contribution in [0, 0.1) is 5.82 Å². The third-order valence-electron chi connectivity index (χ3n) is 9.91. The van der Waals surface area contributed by atoms with E-state index in [2.05, 4.69) is 42.3 Å². The van der Waals surface area contributed by atoms with Crippen LogP contribution in [-0.4, -0.2) is 106 Å². The minimum Gasteiger partial charge on any atom is -0.491 e. The monoisotopic (exact) mass is 786 g/mol. The topological polar surface area (TPSA) is 149 Å². The molecular weight excluding hydrogens is 747 g/mol. The first-order valence-corrected chi connectivity index (χ1v) is 19.4. The molecule has 286 valence electrons. The molecule has 0 saturated carbocycles. The zero-order chi connectivity index (χ0) is 38.5. The lowest BCUT2D eigenvalue weighted by Crippen LogP contribution is -2.52. The number of benzene rings is 3. The summed E-state index contributed by atoms with van der Waals surface area (Å²) in [5.74, 6) is 0.0202. The van der Waals surface area contributed by atoms with Crippen LogP contribution in [0.1, 0.15) is 35.2 Å². The summed E-state index contributed by atoms with van der Waals surface area (Å²) in [6, 6.07) is 12.9. The summed E-state index contributed by atoms with van der Waals surface area (Å²) < 4.78 is 19.9. The minimum atomic E-state index is -0.622. The number of carbonyl (C=O) groups excluding carboxylic acids is 4. The fourth-order valence-electron chi connectivity index (χ4n) is 6.98.